The van der Waals surface area contributed by atoms with Crippen LogP contribution in [0.5, 0.6) is 5.75 Å². The number of piperidine rings is 1. The number of carbonyl (C=O) groups excluding carboxylic acids is 1. The highest BCUT2D eigenvalue weighted by atomic mass is 35.5. The van der Waals surface area contributed by atoms with Crippen LogP contribution in [0.1, 0.15) is 41.3 Å². The molecule has 2 aliphatic rings. The van der Waals surface area contributed by atoms with Gasteiger partial charge in [-0.3, -0.25) is 0 Å². The lowest BCUT2D eigenvalue weighted by molar-refractivity contribution is -0.137. The number of ether oxygens (including phenoxy) is 2. The van der Waals surface area contributed by atoms with Gasteiger partial charge in [-0.05, 0) is 62.0 Å². The Kier molecular flexibility index (Phi) is 7.17. The van der Waals surface area contributed by atoms with E-state index in [1.54, 1.807) is 11.3 Å². The number of carbonyl (C=O) groups is 1. The highest BCUT2D eigenvalue weighted by Gasteiger charge is 2.25. The Balaban J connectivity index is 0.00000240. The summed E-state index contributed by atoms with van der Waals surface area (Å²) in [4.78, 5) is 15.4. The van der Waals surface area contributed by atoms with Gasteiger partial charge < -0.3 is 14.4 Å². The molecule has 29 heavy (non-hydrogen) atoms. The summed E-state index contributed by atoms with van der Waals surface area (Å²) in [6.45, 7) is 4.95. The van der Waals surface area contributed by atoms with E-state index in [4.69, 9.17) is 9.47 Å². The number of hydrogen-bond donors (Lipinski definition) is 0. The molecule has 1 saturated heterocycles. The summed E-state index contributed by atoms with van der Waals surface area (Å²) >= 11 is 1.79. The fraction of sp³-hybridized carbons (Fsp3) is 0.348. The molecule has 0 spiro atoms. The number of fused-ring (bicyclic) bond motifs is 2. The molecule has 0 amide bonds. The summed E-state index contributed by atoms with van der Waals surface area (Å²) < 4.78 is 11.1. The largest absolute Gasteiger partial charge is 0.488 e. The van der Waals surface area contributed by atoms with Gasteiger partial charge in [0.2, 0.25) is 0 Å². The van der Waals surface area contributed by atoms with Gasteiger partial charge in [0.05, 0.1) is 6.61 Å². The first-order valence-electron chi connectivity index (χ1n) is 9.75. The zero-order valence-electron chi connectivity index (χ0n) is 16.8. The van der Waals surface area contributed by atoms with Crippen LogP contribution in [0.15, 0.2) is 41.3 Å². The lowest BCUT2D eigenvalue weighted by atomic mass is 9.90. The van der Waals surface area contributed by atoms with Crippen LogP contribution in [0.4, 0.5) is 0 Å². The second-order valence-corrected chi connectivity index (χ2v) is 8.10. The zero-order chi connectivity index (χ0) is 19.5. The maximum atomic E-state index is 11.7. The van der Waals surface area contributed by atoms with E-state index < -0.39 is 0 Å². The second kappa shape index (κ2) is 9.61. The van der Waals surface area contributed by atoms with E-state index in [2.05, 4.69) is 29.5 Å². The van der Waals surface area contributed by atoms with Crippen molar-refractivity contribution >= 4 is 41.4 Å². The summed E-state index contributed by atoms with van der Waals surface area (Å²) in [6.07, 6.45) is 5.45. The Labute approximate surface area is 182 Å². The molecule has 6 heteroatoms. The lowest BCUT2D eigenvalue weighted by Crippen LogP contribution is -2.26. The maximum Gasteiger partial charge on any atom is 0.330 e. The molecule has 1 aromatic carbocycles. The molecular weight excluding hydrogens is 406 g/mol. The van der Waals surface area contributed by atoms with Crippen LogP contribution in [0, 0.1) is 0 Å². The van der Waals surface area contributed by atoms with Gasteiger partial charge in [0.25, 0.3) is 0 Å². The summed E-state index contributed by atoms with van der Waals surface area (Å²) in [5, 5.41) is 2.15. The second-order valence-electron chi connectivity index (χ2n) is 7.19. The van der Waals surface area contributed by atoms with Gasteiger partial charge in [0, 0.05) is 40.7 Å². The van der Waals surface area contributed by atoms with Crippen LogP contribution >= 0.6 is 23.7 Å². The Morgan fingerprint density at radius 3 is 2.83 bits per heavy atom. The van der Waals surface area contributed by atoms with E-state index in [-0.39, 0.29) is 18.4 Å². The van der Waals surface area contributed by atoms with Gasteiger partial charge in [-0.15, -0.1) is 23.7 Å². The third-order valence-corrected chi connectivity index (χ3v) is 6.25. The first kappa shape index (κ1) is 21.6. The van der Waals surface area contributed by atoms with Gasteiger partial charge in [-0.25, -0.2) is 4.79 Å². The molecule has 4 nitrogen and oxygen atoms in total. The molecule has 3 heterocycles. The number of hydrogen-bond acceptors (Lipinski definition) is 5. The third kappa shape index (κ3) is 4.74. The minimum absolute atomic E-state index is 0. The van der Waals surface area contributed by atoms with Crippen LogP contribution in [0.25, 0.3) is 11.6 Å². The summed E-state index contributed by atoms with van der Waals surface area (Å²) in [5.41, 5.74) is 6.19. The standard InChI is InChI=1S/C23H25NO3S.ClH/c1-3-26-21(25)7-5-16-4-6-20-19(14-16)22(17-8-11-24(2)12-9-17)23-18(15-27-20)10-13-28-23;/h4-7,10,13-14H,3,8-9,11-12,15H2,1-2H3;1H. The van der Waals surface area contributed by atoms with Crippen molar-refractivity contribution in [2.45, 2.75) is 26.4 Å². The normalized spacial score (nSPS) is 16.5. The average molecular weight is 432 g/mol. The van der Waals surface area contributed by atoms with E-state index in [1.807, 2.05) is 25.1 Å². The molecule has 0 unspecified atom stereocenters. The molecule has 154 valence electrons. The number of esters is 1. The van der Waals surface area contributed by atoms with Crippen LogP contribution in [0.2, 0.25) is 0 Å². The van der Waals surface area contributed by atoms with Crippen molar-refractivity contribution in [3.05, 3.63) is 62.9 Å². The average Bonchev–Trinajstić information content (AvgIpc) is 3.10. The molecule has 0 atom stereocenters. The predicted molar refractivity (Wildman–Crippen MR) is 121 cm³/mol. The molecule has 0 radical (unpaired) electrons. The number of benzene rings is 1. The Morgan fingerprint density at radius 2 is 2.07 bits per heavy atom. The molecule has 0 N–H and O–H groups in total. The monoisotopic (exact) mass is 431 g/mol. The molecule has 0 aliphatic carbocycles. The Morgan fingerprint density at radius 1 is 1.28 bits per heavy atom. The van der Waals surface area contributed by atoms with Crippen molar-refractivity contribution in [3.63, 3.8) is 0 Å². The molecule has 2 aliphatic heterocycles. The number of nitrogens with zero attached hydrogens (tertiary/aromatic N) is 1. The van der Waals surface area contributed by atoms with Crippen molar-refractivity contribution in [1.29, 1.82) is 0 Å². The van der Waals surface area contributed by atoms with E-state index in [1.165, 1.54) is 27.7 Å². The highest BCUT2D eigenvalue weighted by molar-refractivity contribution is 7.11. The Bertz CT molecular complexity index is 937. The summed E-state index contributed by atoms with van der Waals surface area (Å²) in [6, 6.07) is 8.32. The fourth-order valence-corrected chi connectivity index (χ4v) is 4.78. The minimum Gasteiger partial charge on any atom is -0.488 e. The molecule has 1 aromatic heterocycles. The van der Waals surface area contributed by atoms with Gasteiger partial charge in [-0.2, -0.15) is 0 Å². The van der Waals surface area contributed by atoms with Crippen LogP contribution < -0.4 is 4.74 Å². The SMILES string of the molecule is CCOC(=O)C=Cc1ccc2c(c1)C(=C1CCN(C)CC1)c1sccc1CO2.Cl. The molecule has 2 aromatic rings. The number of thiophene rings is 1. The summed E-state index contributed by atoms with van der Waals surface area (Å²) in [5.74, 6) is 0.598. The minimum atomic E-state index is -0.317. The van der Waals surface area contributed by atoms with Gasteiger partial charge in [0.15, 0.2) is 0 Å². The van der Waals surface area contributed by atoms with Crippen molar-refractivity contribution in [3.8, 4) is 5.75 Å². The van der Waals surface area contributed by atoms with E-state index in [0.29, 0.717) is 13.2 Å². The van der Waals surface area contributed by atoms with Crippen molar-refractivity contribution < 1.29 is 14.3 Å². The molecule has 4 rings (SSSR count). The third-order valence-electron chi connectivity index (χ3n) is 5.27. The first-order chi connectivity index (χ1) is 13.7. The highest BCUT2D eigenvalue weighted by Crippen LogP contribution is 2.43. The zero-order valence-corrected chi connectivity index (χ0v) is 18.4. The maximum absolute atomic E-state index is 11.7. The van der Waals surface area contributed by atoms with Crippen molar-refractivity contribution in [2.75, 3.05) is 26.7 Å². The quantitative estimate of drug-likeness (QED) is 0.496. The predicted octanol–water partition coefficient (Wildman–Crippen LogP) is 5.17. The summed E-state index contributed by atoms with van der Waals surface area (Å²) in [7, 11) is 2.18. The van der Waals surface area contributed by atoms with Crippen molar-refractivity contribution in [1.82, 2.24) is 4.90 Å². The number of likely N-dealkylation sites (tertiary alicyclic amines) is 1. The van der Waals surface area contributed by atoms with Crippen LogP contribution in [0.3, 0.4) is 0 Å². The molecule has 0 saturated carbocycles. The molecule has 1 fully saturated rings. The number of rotatable bonds is 3. The lowest BCUT2D eigenvalue weighted by Gasteiger charge is -2.26. The first-order valence-corrected chi connectivity index (χ1v) is 10.6. The number of halogens is 1. The van der Waals surface area contributed by atoms with E-state index in [9.17, 15) is 4.79 Å². The van der Waals surface area contributed by atoms with Gasteiger partial charge >= 0.3 is 5.97 Å². The molecular formula is C23H26ClNO3S. The van der Waals surface area contributed by atoms with Crippen molar-refractivity contribution in [2.24, 2.45) is 0 Å². The fourth-order valence-electron chi connectivity index (χ4n) is 3.76. The topological polar surface area (TPSA) is 38.8 Å². The van der Waals surface area contributed by atoms with Crippen LogP contribution in [-0.2, 0) is 16.1 Å². The van der Waals surface area contributed by atoms with Gasteiger partial charge in [-0.1, -0.05) is 11.6 Å². The smallest absolute Gasteiger partial charge is 0.330 e. The van der Waals surface area contributed by atoms with E-state index >= 15 is 0 Å². The molecule has 0 bridgehead atoms. The van der Waals surface area contributed by atoms with Gasteiger partial charge in [0.1, 0.15) is 12.4 Å². The van der Waals surface area contributed by atoms with E-state index in [0.717, 1.165) is 42.8 Å². The Hall–Kier alpha value is -2.08. The van der Waals surface area contributed by atoms with Crippen LogP contribution in [-0.4, -0.2) is 37.6 Å².